The topological polar surface area (TPSA) is 96.9 Å². The van der Waals surface area contributed by atoms with Gasteiger partial charge in [-0.2, -0.15) is 0 Å². The molecule has 92 valence electrons. The average Bonchev–Trinajstić information content (AvgIpc) is 3.00. The third kappa shape index (κ3) is 1.68. The smallest absolute Gasteiger partial charge is 0.330 e. The first-order chi connectivity index (χ1) is 8.11. The molecule has 4 atom stereocenters. The molecule has 0 radical (unpaired) electrons. The Balaban J connectivity index is 1.98. The van der Waals surface area contributed by atoms with Gasteiger partial charge in [-0.1, -0.05) is 0 Å². The summed E-state index contributed by atoms with van der Waals surface area (Å²) in [4.78, 5) is 25.0. The summed E-state index contributed by atoms with van der Waals surface area (Å²) in [6.45, 7) is -0.156. The number of aromatic amines is 1. The van der Waals surface area contributed by atoms with E-state index in [9.17, 15) is 9.59 Å². The maximum absolute atomic E-state index is 11.6. The Morgan fingerprint density at radius 1 is 1.41 bits per heavy atom. The van der Waals surface area contributed by atoms with Crippen molar-refractivity contribution in [3.63, 3.8) is 0 Å². The first kappa shape index (κ1) is 11.1. The molecule has 2 fully saturated rings. The average molecular weight is 305 g/mol. The number of rotatable bonds is 2. The lowest BCUT2D eigenvalue weighted by Crippen LogP contribution is -2.35. The second-order valence-electron chi connectivity index (χ2n) is 3.96. The highest BCUT2D eigenvalue weighted by Gasteiger charge is 2.58. The highest BCUT2D eigenvalue weighted by molar-refractivity contribution is 9.10. The van der Waals surface area contributed by atoms with E-state index in [4.69, 9.17) is 14.6 Å². The van der Waals surface area contributed by atoms with Gasteiger partial charge in [-0.05, 0) is 15.9 Å². The van der Waals surface area contributed by atoms with Gasteiger partial charge in [0.1, 0.15) is 18.3 Å². The fourth-order valence-electron chi connectivity index (χ4n) is 2.02. The number of epoxide rings is 1. The van der Waals surface area contributed by atoms with Crippen molar-refractivity contribution in [1.82, 2.24) is 9.55 Å². The number of hydrogen-bond donors (Lipinski definition) is 2. The molecule has 2 saturated heterocycles. The summed E-state index contributed by atoms with van der Waals surface area (Å²) >= 11 is 3.04. The molecule has 17 heavy (non-hydrogen) atoms. The summed E-state index contributed by atoms with van der Waals surface area (Å²) in [5.41, 5.74) is -1.05. The van der Waals surface area contributed by atoms with E-state index in [-0.39, 0.29) is 23.3 Å². The Morgan fingerprint density at radius 3 is 2.82 bits per heavy atom. The SMILES string of the molecule is O=c1[nH]c(=O)n([C@@H]2O[C@H](CO)[C@@H]3O[C@@H]32)cc1Br. The van der Waals surface area contributed by atoms with E-state index in [2.05, 4.69) is 20.9 Å². The molecule has 0 aromatic carbocycles. The van der Waals surface area contributed by atoms with Crippen LogP contribution >= 0.6 is 15.9 Å². The molecule has 2 aliphatic rings. The number of hydrogen-bond acceptors (Lipinski definition) is 5. The van der Waals surface area contributed by atoms with E-state index in [0.717, 1.165) is 0 Å². The first-order valence-electron chi connectivity index (χ1n) is 5.04. The van der Waals surface area contributed by atoms with Gasteiger partial charge in [-0.3, -0.25) is 14.3 Å². The molecule has 0 bridgehead atoms. The minimum Gasteiger partial charge on any atom is -0.394 e. The summed E-state index contributed by atoms with van der Waals surface area (Å²) in [6, 6.07) is 0. The summed E-state index contributed by atoms with van der Waals surface area (Å²) in [7, 11) is 0. The number of aromatic nitrogens is 2. The number of ether oxygens (including phenoxy) is 2. The zero-order valence-corrected chi connectivity index (χ0v) is 10.1. The molecule has 0 aliphatic carbocycles. The lowest BCUT2D eigenvalue weighted by atomic mass is 10.2. The van der Waals surface area contributed by atoms with Crippen molar-refractivity contribution < 1.29 is 14.6 Å². The zero-order chi connectivity index (χ0) is 12.2. The number of fused-ring (bicyclic) bond motifs is 1. The molecule has 7 nitrogen and oxygen atoms in total. The van der Waals surface area contributed by atoms with Gasteiger partial charge in [0.15, 0.2) is 6.23 Å². The maximum atomic E-state index is 11.6. The summed E-state index contributed by atoms with van der Waals surface area (Å²) in [5, 5.41) is 9.04. The van der Waals surface area contributed by atoms with Crippen LogP contribution in [0.15, 0.2) is 20.3 Å². The van der Waals surface area contributed by atoms with Crippen LogP contribution in [0.3, 0.4) is 0 Å². The highest BCUT2D eigenvalue weighted by Crippen LogP contribution is 2.44. The van der Waals surface area contributed by atoms with Crippen LogP contribution in [0.4, 0.5) is 0 Å². The van der Waals surface area contributed by atoms with E-state index in [1.165, 1.54) is 10.8 Å². The third-order valence-electron chi connectivity index (χ3n) is 2.90. The molecule has 3 heterocycles. The molecule has 2 aliphatic heterocycles. The summed E-state index contributed by atoms with van der Waals surface area (Å²) < 4.78 is 12.3. The predicted molar refractivity (Wildman–Crippen MR) is 58.7 cm³/mol. The molecule has 2 N–H and O–H groups in total. The number of aliphatic hydroxyl groups excluding tert-OH is 1. The summed E-state index contributed by atoms with van der Waals surface area (Å²) in [5.74, 6) is 0. The monoisotopic (exact) mass is 304 g/mol. The fourth-order valence-corrected chi connectivity index (χ4v) is 2.34. The van der Waals surface area contributed by atoms with Gasteiger partial charge in [0.05, 0.1) is 11.1 Å². The van der Waals surface area contributed by atoms with Crippen molar-refractivity contribution in [2.75, 3.05) is 6.61 Å². The van der Waals surface area contributed by atoms with Crippen LogP contribution in [-0.4, -0.2) is 39.6 Å². The summed E-state index contributed by atoms with van der Waals surface area (Å²) in [6.07, 6.45) is -0.0460. The molecule has 8 heteroatoms. The van der Waals surface area contributed by atoms with Crippen molar-refractivity contribution in [2.24, 2.45) is 0 Å². The van der Waals surface area contributed by atoms with Crippen LogP contribution in [0.1, 0.15) is 6.23 Å². The minimum absolute atomic E-state index is 0.156. The van der Waals surface area contributed by atoms with Gasteiger partial charge >= 0.3 is 5.69 Å². The van der Waals surface area contributed by atoms with Crippen LogP contribution in [0, 0.1) is 0 Å². The van der Waals surface area contributed by atoms with Gasteiger partial charge in [0.2, 0.25) is 0 Å². The van der Waals surface area contributed by atoms with E-state index in [0.29, 0.717) is 0 Å². The number of nitrogens with zero attached hydrogens (tertiary/aromatic N) is 1. The molecule has 0 unspecified atom stereocenters. The van der Waals surface area contributed by atoms with Gasteiger partial charge in [0.25, 0.3) is 5.56 Å². The molecule has 1 aromatic rings. The molecule has 1 aromatic heterocycles. The Morgan fingerprint density at radius 2 is 2.18 bits per heavy atom. The van der Waals surface area contributed by atoms with Crippen molar-refractivity contribution in [3.8, 4) is 0 Å². The standard InChI is InChI=1S/C9H9BrN2O5/c10-3-1-12(9(15)11-7(3)14)8-6-5(17-6)4(2-13)16-8/h1,4-6,8,13H,2H2,(H,11,14,15)/t4-,5+,6+,8-/m1/s1. The van der Waals surface area contributed by atoms with Gasteiger partial charge in [-0.25, -0.2) is 4.79 Å². The van der Waals surface area contributed by atoms with Gasteiger partial charge in [0, 0.05) is 6.20 Å². The van der Waals surface area contributed by atoms with Crippen LogP contribution in [0.5, 0.6) is 0 Å². The zero-order valence-electron chi connectivity index (χ0n) is 8.50. The van der Waals surface area contributed by atoms with Crippen molar-refractivity contribution in [3.05, 3.63) is 31.5 Å². The normalized spacial score (nSPS) is 34.7. The fraction of sp³-hybridized carbons (Fsp3) is 0.556. The van der Waals surface area contributed by atoms with Gasteiger partial charge < -0.3 is 14.6 Å². The second kappa shape index (κ2) is 3.77. The minimum atomic E-state index is -0.599. The molecule has 0 amide bonds. The Labute approximate surface area is 103 Å². The highest BCUT2D eigenvalue weighted by atomic mass is 79.9. The van der Waals surface area contributed by atoms with E-state index < -0.39 is 23.6 Å². The Bertz CT molecular complexity index is 567. The number of halogens is 1. The Kier molecular flexibility index (Phi) is 2.47. The van der Waals surface area contributed by atoms with Crippen LogP contribution < -0.4 is 11.2 Å². The lowest BCUT2D eigenvalue weighted by molar-refractivity contribution is -0.0857. The van der Waals surface area contributed by atoms with Crippen LogP contribution in [-0.2, 0) is 9.47 Å². The van der Waals surface area contributed by atoms with E-state index in [1.54, 1.807) is 0 Å². The van der Waals surface area contributed by atoms with Crippen molar-refractivity contribution in [1.29, 1.82) is 0 Å². The quantitative estimate of drug-likeness (QED) is 0.680. The van der Waals surface area contributed by atoms with Crippen LogP contribution in [0.25, 0.3) is 0 Å². The number of H-pyrrole nitrogens is 1. The van der Waals surface area contributed by atoms with Crippen molar-refractivity contribution in [2.45, 2.75) is 24.5 Å². The molecule has 3 rings (SSSR count). The molecule has 0 saturated carbocycles. The number of nitrogens with one attached hydrogen (secondary N) is 1. The Hall–Kier alpha value is -0.960. The van der Waals surface area contributed by atoms with Gasteiger partial charge in [-0.15, -0.1) is 0 Å². The van der Waals surface area contributed by atoms with E-state index >= 15 is 0 Å². The first-order valence-corrected chi connectivity index (χ1v) is 5.84. The van der Waals surface area contributed by atoms with Crippen LogP contribution in [0.2, 0.25) is 0 Å². The lowest BCUT2D eigenvalue weighted by Gasteiger charge is -2.17. The maximum Gasteiger partial charge on any atom is 0.330 e. The molecular weight excluding hydrogens is 296 g/mol. The predicted octanol–water partition coefficient (Wildman–Crippen LogP) is -1.04. The molecule has 0 spiro atoms. The largest absolute Gasteiger partial charge is 0.394 e. The number of aliphatic hydroxyl groups is 1. The molecular formula is C9H9BrN2O5. The third-order valence-corrected chi connectivity index (χ3v) is 3.47. The second-order valence-corrected chi connectivity index (χ2v) is 4.81. The van der Waals surface area contributed by atoms with E-state index in [1.807, 2.05) is 0 Å². The van der Waals surface area contributed by atoms with Crippen molar-refractivity contribution >= 4 is 15.9 Å².